The number of hydrogen-bond donors (Lipinski definition) is 2. The van der Waals surface area contributed by atoms with E-state index in [9.17, 15) is 4.79 Å². The van der Waals surface area contributed by atoms with Gasteiger partial charge in [-0.25, -0.2) is 0 Å². The van der Waals surface area contributed by atoms with Crippen LogP contribution in [0.15, 0.2) is 11.6 Å². The van der Waals surface area contributed by atoms with Crippen LogP contribution in [0.1, 0.15) is 39.5 Å². The molecule has 3 N–H and O–H groups in total. The van der Waals surface area contributed by atoms with Gasteiger partial charge in [-0.2, -0.15) is 0 Å². The smallest absolute Gasteiger partial charge is 0.311 e. The van der Waals surface area contributed by atoms with Crippen molar-refractivity contribution in [2.24, 2.45) is 17.6 Å². The molecule has 0 radical (unpaired) electrons. The van der Waals surface area contributed by atoms with Crippen LogP contribution in [-0.2, 0) is 14.3 Å². The van der Waals surface area contributed by atoms with Gasteiger partial charge >= 0.3 is 5.97 Å². The molecule has 0 aromatic rings. The van der Waals surface area contributed by atoms with E-state index in [1.807, 2.05) is 0 Å². The number of rotatable bonds is 4. The van der Waals surface area contributed by atoms with Crippen molar-refractivity contribution in [3.63, 3.8) is 0 Å². The predicted molar refractivity (Wildman–Crippen MR) is 84.3 cm³/mol. The van der Waals surface area contributed by atoms with E-state index in [1.54, 1.807) is 0 Å². The van der Waals surface area contributed by atoms with Gasteiger partial charge in [0.2, 0.25) is 0 Å². The molecule has 2 saturated heterocycles. The largest absolute Gasteiger partial charge is 0.459 e. The molecule has 5 nitrogen and oxygen atoms in total. The quantitative estimate of drug-likeness (QED) is 0.355. The number of ether oxygens (including phenoxy) is 2. The minimum absolute atomic E-state index is 0.0711. The summed E-state index contributed by atoms with van der Waals surface area (Å²) in [7, 11) is 0. The van der Waals surface area contributed by atoms with Crippen LogP contribution in [0.5, 0.6) is 0 Å². The molecule has 0 spiro atoms. The van der Waals surface area contributed by atoms with Crippen LogP contribution in [-0.4, -0.2) is 43.4 Å². The van der Waals surface area contributed by atoms with Crippen molar-refractivity contribution in [2.75, 3.05) is 19.6 Å². The van der Waals surface area contributed by atoms with Crippen LogP contribution in [0.4, 0.5) is 0 Å². The van der Waals surface area contributed by atoms with Gasteiger partial charge in [0.15, 0.2) is 0 Å². The van der Waals surface area contributed by atoms with Crippen LogP contribution in [0.25, 0.3) is 0 Å². The van der Waals surface area contributed by atoms with E-state index in [4.69, 9.17) is 15.2 Å². The lowest BCUT2D eigenvalue weighted by molar-refractivity contribution is -0.144. The maximum atomic E-state index is 12.3. The van der Waals surface area contributed by atoms with Gasteiger partial charge in [-0.1, -0.05) is 11.6 Å². The molecule has 0 unspecified atom stereocenters. The van der Waals surface area contributed by atoms with Crippen molar-refractivity contribution in [1.82, 2.24) is 5.32 Å². The van der Waals surface area contributed by atoms with E-state index >= 15 is 0 Å². The normalized spacial score (nSPS) is 41.2. The third kappa shape index (κ3) is 3.07. The number of fused-ring (bicyclic) bond motifs is 3. The summed E-state index contributed by atoms with van der Waals surface area (Å²) < 4.78 is 11.7. The number of esters is 1. The highest BCUT2D eigenvalue weighted by molar-refractivity contribution is 5.75. The third-order valence-electron chi connectivity index (χ3n) is 5.42. The summed E-state index contributed by atoms with van der Waals surface area (Å²) in [5.41, 5.74) is 6.82. The molecular weight excluding hydrogens is 280 g/mol. The molecule has 1 aliphatic carbocycles. The van der Waals surface area contributed by atoms with E-state index in [2.05, 4.69) is 25.2 Å². The SMILES string of the molecule is CC1=CCC[C@@]2(C)O[C@H]2[C@H]2OC(=O)[C@@H](CNCCN)[C@@H]2CC1. The first kappa shape index (κ1) is 16.0. The fraction of sp³-hybridized carbons (Fsp3) is 0.824. The Morgan fingerprint density at radius 2 is 2.32 bits per heavy atom. The number of allylic oxidation sites excluding steroid dienone is 2. The van der Waals surface area contributed by atoms with Crippen molar-refractivity contribution < 1.29 is 14.3 Å². The second-order valence-electron chi connectivity index (χ2n) is 7.14. The summed E-state index contributed by atoms with van der Waals surface area (Å²) in [5, 5.41) is 3.27. The Hall–Kier alpha value is -0.910. The maximum absolute atomic E-state index is 12.3. The van der Waals surface area contributed by atoms with Crippen LogP contribution < -0.4 is 11.1 Å². The van der Waals surface area contributed by atoms with Crippen molar-refractivity contribution in [3.05, 3.63) is 11.6 Å². The van der Waals surface area contributed by atoms with Crippen LogP contribution >= 0.6 is 0 Å². The zero-order valence-electron chi connectivity index (χ0n) is 13.6. The lowest BCUT2D eigenvalue weighted by Gasteiger charge is -2.22. The predicted octanol–water partition coefficient (Wildman–Crippen LogP) is 1.37. The Labute approximate surface area is 132 Å². The van der Waals surface area contributed by atoms with Crippen LogP contribution in [0.2, 0.25) is 0 Å². The Balaban J connectivity index is 1.75. The number of nitrogens with one attached hydrogen (secondary N) is 1. The van der Waals surface area contributed by atoms with E-state index in [1.165, 1.54) is 5.57 Å². The standard InChI is InChI=1S/C17H28N2O3/c1-11-4-3-7-17(2)15(22-17)14-12(6-5-11)13(16(20)21-14)10-19-9-8-18/h4,12-15,19H,3,5-10,18H2,1-2H3/t12-,13-,14-,15-,17+/m0/s1. The third-order valence-corrected chi connectivity index (χ3v) is 5.42. The van der Waals surface area contributed by atoms with Crippen LogP contribution in [0.3, 0.4) is 0 Å². The fourth-order valence-corrected chi connectivity index (χ4v) is 3.93. The molecule has 22 heavy (non-hydrogen) atoms. The lowest BCUT2D eigenvalue weighted by atomic mass is 9.80. The summed E-state index contributed by atoms with van der Waals surface area (Å²) in [6, 6.07) is 0. The molecule has 2 aliphatic heterocycles. The Morgan fingerprint density at radius 1 is 1.50 bits per heavy atom. The van der Waals surface area contributed by atoms with E-state index in [-0.39, 0.29) is 35.6 Å². The van der Waals surface area contributed by atoms with Crippen molar-refractivity contribution in [3.8, 4) is 0 Å². The summed E-state index contributed by atoms with van der Waals surface area (Å²) in [6.45, 7) is 6.31. The molecule has 0 bridgehead atoms. The number of carbonyl (C=O) groups is 1. The molecule has 5 atom stereocenters. The number of nitrogens with two attached hydrogens (primary N) is 1. The average Bonchev–Trinajstić information content (AvgIpc) is 3.04. The Kier molecular flexibility index (Phi) is 4.57. The molecule has 0 saturated carbocycles. The first-order valence-electron chi connectivity index (χ1n) is 8.50. The highest BCUT2D eigenvalue weighted by atomic mass is 16.6. The zero-order chi connectivity index (χ0) is 15.7. The van der Waals surface area contributed by atoms with Crippen LogP contribution in [0, 0.1) is 11.8 Å². The number of hydrogen-bond acceptors (Lipinski definition) is 5. The van der Waals surface area contributed by atoms with Gasteiger partial charge < -0.3 is 20.5 Å². The summed E-state index contributed by atoms with van der Waals surface area (Å²) in [5.74, 6) is 0.0986. The van der Waals surface area contributed by atoms with Crippen molar-refractivity contribution in [2.45, 2.75) is 57.3 Å². The topological polar surface area (TPSA) is 76.9 Å². The highest BCUT2D eigenvalue weighted by Gasteiger charge is 2.62. The van der Waals surface area contributed by atoms with Crippen molar-refractivity contribution in [1.29, 1.82) is 0 Å². The van der Waals surface area contributed by atoms with Crippen molar-refractivity contribution >= 4 is 5.97 Å². The number of carbonyl (C=O) groups excluding carboxylic acids is 1. The highest BCUT2D eigenvalue weighted by Crippen LogP contribution is 2.50. The first-order chi connectivity index (χ1) is 10.5. The van der Waals surface area contributed by atoms with E-state index in [0.29, 0.717) is 13.1 Å². The molecule has 5 heteroatoms. The Morgan fingerprint density at radius 3 is 3.09 bits per heavy atom. The van der Waals surface area contributed by atoms with E-state index < -0.39 is 0 Å². The summed E-state index contributed by atoms with van der Waals surface area (Å²) in [6.07, 6.45) is 6.40. The second kappa shape index (κ2) is 6.30. The minimum atomic E-state index is -0.114. The molecular formula is C17H28N2O3. The molecule has 124 valence electrons. The van der Waals surface area contributed by atoms with Gasteiger partial charge in [0, 0.05) is 25.6 Å². The number of epoxide rings is 1. The molecule has 2 heterocycles. The molecule has 3 rings (SSSR count). The van der Waals surface area contributed by atoms with E-state index in [0.717, 1.165) is 32.2 Å². The molecule has 0 amide bonds. The zero-order valence-corrected chi connectivity index (χ0v) is 13.6. The van der Waals surface area contributed by atoms with Gasteiger partial charge in [0.05, 0.1) is 11.5 Å². The van der Waals surface area contributed by atoms with Gasteiger partial charge in [0.25, 0.3) is 0 Å². The van der Waals surface area contributed by atoms with Gasteiger partial charge in [-0.05, 0) is 39.5 Å². The second-order valence-corrected chi connectivity index (χ2v) is 7.14. The monoisotopic (exact) mass is 308 g/mol. The van der Waals surface area contributed by atoms with Gasteiger partial charge in [-0.3, -0.25) is 4.79 Å². The fourth-order valence-electron chi connectivity index (χ4n) is 3.93. The van der Waals surface area contributed by atoms with Gasteiger partial charge in [0.1, 0.15) is 12.2 Å². The molecule has 3 aliphatic rings. The Bertz CT molecular complexity index is 465. The summed E-state index contributed by atoms with van der Waals surface area (Å²) >= 11 is 0. The molecule has 0 aromatic carbocycles. The maximum Gasteiger partial charge on any atom is 0.311 e. The lowest BCUT2D eigenvalue weighted by Crippen LogP contribution is -2.35. The summed E-state index contributed by atoms with van der Waals surface area (Å²) in [4.78, 5) is 12.3. The average molecular weight is 308 g/mol. The molecule has 2 fully saturated rings. The first-order valence-corrected chi connectivity index (χ1v) is 8.50. The molecule has 0 aromatic heterocycles. The minimum Gasteiger partial charge on any atom is -0.459 e. The van der Waals surface area contributed by atoms with Gasteiger partial charge in [-0.15, -0.1) is 0 Å².